The average molecular weight is 248 g/mol. The first kappa shape index (κ1) is 12.7. The normalized spacial score (nSPS) is 19.8. The molecule has 92 valence electrons. The van der Waals surface area contributed by atoms with Gasteiger partial charge >= 0.3 is 0 Å². The maximum atomic E-state index is 11.5. The van der Waals surface area contributed by atoms with Crippen LogP contribution in [0.25, 0.3) is 0 Å². The Morgan fingerprint density at radius 3 is 3.00 bits per heavy atom. The van der Waals surface area contributed by atoms with Gasteiger partial charge in [-0.05, 0) is 37.5 Å². The first-order valence-corrected chi connectivity index (χ1v) is 7.57. The number of thioether (sulfide) groups is 1. The number of rotatable bonds is 5. The second-order valence-electron chi connectivity index (χ2n) is 4.89. The molecule has 0 N–H and O–H groups in total. The molecule has 0 aliphatic heterocycles. The Balaban J connectivity index is 1.68. The van der Waals surface area contributed by atoms with Crippen molar-refractivity contribution in [1.82, 2.24) is 0 Å². The van der Waals surface area contributed by atoms with Crippen LogP contribution in [-0.2, 0) is 10.5 Å². The van der Waals surface area contributed by atoms with E-state index in [0.29, 0.717) is 11.7 Å². The molecule has 1 nitrogen and oxygen atoms in total. The number of carbonyl (C=O) groups excluding carboxylic acids is 1. The third kappa shape index (κ3) is 3.88. The minimum Gasteiger partial charge on any atom is -0.299 e. The van der Waals surface area contributed by atoms with Gasteiger partial charge in [-0.2, -0.15) is 11.8 Å². The molecule has 0 radical (unpaired) electrons. The molecule has 1 saturated carbocycles. The van der Waals surface area contributed by atoms with E-state index in [1.165, 1.54) is 11.1 Å². The van der Waals surface area contributed by atoms with E-state index in [0.717, 1.165) is 37.2 Å². The Hall–Kier alpha value is -0.760. The molecule has 2 heteroatoms. The van der Waals surface area contributed by atoms with E-state index < -0.39 is 0 Å². The van der Waals surface area contributed by atoms with Crippen LogP contribution >= 0.6 is 11.8 Å². The average Bonchev–Trinajstić information content (AvgIpc) is 2.71. The number of benzene rings is 1. The molecule has 1 atom stereocenters. The van der Waals surface area contributed by atoms with Gasteiger partial charge in [-0.3, -0.25) is 4.79 Å². The second kappa shape index (κ2) is 6.25. The van der Waals surface area contributed by atoms with Crippen LogP contribution < -0.4 is 0 Å². The minimum atomic E-state index is 0.375. The summed E-state index contributed by atoms with van der Waals surface area (Å²) in [5.41, 5.74) is 2.72. The third-order valence-electron chi connectivity index (χ3n) is 3.39. The van der Waals surface area contributed by atoms with Gasteiger partial charge in [-0.15, -0.1) is 0 Å². The van der Waals surface area contributed by atoms with Crippen LogP contribution in [0.2, 0.25) is 0 Å². The van der Waals surface area contributed by atoms with Crippen LogP contribution in [0, 0.1) is 12.8 Å². The zero-order valence-corrected chi connectivity index (χ0v) is 11.3. The molecular formula is C15H20OS. The lowest BCUT2D eigenvalue weighted by Crippen LogP contribution is -2.06. The molecule has 0 bridgehead atoms. The van der Waals surface area contributed by atoms with Gasteiger partial charge in [-0.1, -0.05) is 29.8 Å². The summed E-state index contributed by atoms with van der Waals surface area (Å²) in [6.07, 6.45) is 4.15. The zero-order chi connectivity index (χ0) is 12.1. The summed E-state index contributed by atoms with van der Waals surface area (Å²) in [7, 11) is 0. The summed E-state index contributed by atoms with van der Waals surface area (Å²) in [5.74, 6) is 3.06. The fourth-order valence-corrected chi connectivity index (χ4v) is 3.42. The molecule has 0 saturated heterocycles. The second-order valence-corrected chi connectivity index (χ2v) is 5.99. The molecule has 0 amide bonds. The van der Waals surface area contributed by atoms with Crippen molar-refractivity contribution >= 4 is 17.5 Å². The van der Waals surface area contributed by atoms with Crippen LogP contribution in [0.4, 0.5) is 0 Å². The van der Waals surface area contributed by atoms with Gasteiger partial charge in [0.05, 0.1) is 0 Å². The predicted molar refractivity (Wildman–Crippen MR) is 74.3 cm³/mol. The quantitative estimate of drug-likeness (QED) is 0.733. The number of carbonyl (C=O) groups is 1. The van der Waals surface area contributed by atoms with Gasteiger partial charge in [0, 0.05) is 18.1 Å². The van der Waals surface area contributed by atoms with Crippen molar-refractivity contribution in [3.05, 3.63) is 35.4 Å². The third-order valence-corrected chi connectivity index (χ3v) is 4.45. The highest BCUT2D eigenvalue weighted by atomic mass is 32.2. The Kier molecular flexibility index (Phi) is 4.66. The summed E-state index contributed by atoms with van der Waals surface area (Å²) in [4.78, 5) is 11.5. The van der Waals surface area contributed by atoms with Crippen molar-refractivity contribution in [1.29, 1.82) is 0 Å². The van der Waals surface area contributed by atoms with Gasteiger partial charge in [0.1, 0.15) is 5.78 Å². The largest absolute Gasteiger partial charge is 0.299 e. The molecule has 1 aliphatic rings. The van der Waals surface area contributed by atoms with E-state index >= 15 is 0 Å². The number of ketones is 1. The van der Waals surface area contributed by atoms with Crippen LogP contribution in [0.5, 0.6) is 0 Å². The Morgan fingerprint density at radius 2 is 2.29 bits per heavy atom. The smallest absolute Gasteiger partial charge is 0.136 e. The summed E-state index contributed by atoms with van der Waals surface area (Å²) in [5, 5.41) is 0. The van der Waals surface area contributed by atoms with Crippen molar-refractivity contribution in [2.24, 2.45) is 5.92 Å². The van der Waals surface area contributed by atoms with Crippen molar-refractivity contribution in [2.75, 3.05) is 5.75 Å². The van der Waals surface area contributed by atoms with Gasteiger partial charge in [0.15, 0.2) is 0 Å². The molecule has 1 aromatic carbocycles. The molecule has 1 fully saturated rings. The lowest BCUT2D eigenvalue weighted by Gasteiger charge is -2.07. The van der Waals surface area contributed by atoms with Gasteiger partial charge in [0.2, 0.25) is 0 Å². The highest BCUT2D eigenvalue weighted by molar-refractivity contribution is 7.98. The monoisotopic (exact) mass is 248 g/mol. The summed E-state index contributed by atoms with van der Waals surface area (Å²) in [6, 6.07) is 8.67. The SMILES string of the molecule is Cc1cccc(CSCCC2CCCC2=O)c1. The molecule has 1 aromatic rings. The van der Waals surface area contributed by atoms with Gasteiger partial charge < -0.3 is 0 Å². The molecule has 0 spiro atoms. The zero-order valence-electron chi connectivity index (χ0n) is 10.4. The highest BCUT2D eigenvalue weighted by Crippen LogP contribution is 2.26. The van der Waals surface area contributed by atoms with Crippen molar-refractivity contribution < 1.29 is 4.79 Å². The maximum absolute atomic E-state index is 11.5. The predicted octanol–water partition coefficient (Wildman–Crippen LogP) is 3.99. The lowest BCUT2D eigenvalue weighted by atomic mass is 10.1. The lowest BCUT2D eigenvalue weighted by molar-refractivity contribution is -0.120. The first-order valence-electron chi connectivity index (χ1n) is 6.42. The number of Topliss-reactive ketones (excluding diaryl/α,β-unsaturated/α-hetero) is 1. The van der Waals surface area contributed by atoms with E-state index in [1.54, 1.807) is 0 Å². The number of hydrogen-bond donors (Lipinski definition) is 0. The van der Waals surface area contributed by atoms with E-state index in [1.807, 2.05) is 11.8 Å². The fraction of sp³-hybridized carbons (Fsp3) is 0.533. The molecule has 0 aromatic heterocycles. The minimum absolute atomic E-state index is 0.375. The summed E-state index contributed by atoms with van der Waals surface area (Å²) < 4.78 is 0. The highest BCUT2D eigenvalue weighted by Gasteiger charge is 2.23. The Labute approximate surface area is 108 Å². The van der Waals surface area contributed by atoms with E-state index in [4.69, 9.17) is 0 Å². The summed E-state index contributed by atoms with van der Waals surface area (Å²) >= 11 is 1.95. The standard InChI is InChI=1S/C15H20OS/c1-12-4-2-5-13(10-12)11-17-9-8-14-6-3-7-15(14)16/h2,4-5,10,14H,3,6-9,11H2,1H3. The van der Waals surface area contributed by atoms with E-state index in [-0.39, 0.29) is 0 Å². The first-order chi connectivity index (χ1) is 8.25. The fourth-order valence-electron chi connectivity index (χ4n) is 2.41. The molecule has 1 unspecified atom stereocenters. The van der Waals surface area contributed by atoms with Crippen LogP contribution in [-0.4, -0.2) is 11.5 Å². The number of hydrogen-bond acceptors (Lipinski definition) is 2. The molecule has 17 heavy (non-hydrogen) atoms. The molecule has 2 rings (SSSR count). The van der Waals surface area contributed by atoms with Crippen molar-refractivity contribution in [3.63, 3.8) is 0 Å². The molecular weight excluding hydrogens is 228 g/mol. The maximum Gasteiger partial charge on any atom is 0.136 e. The van der Waals surface area contributed by atoms with Gasteiger partial charge in [-0.25, -0.2) is 0 Å². The van der Waals surface area contributed by atoms with Crippen molar-refractivity contribution in [2.45, 2.75) is 38.4 Å². The Bertz CT molecular complexity index is 386. The van der Waals surface area contributed by atoms with Crippen LogP contribution in [0.1, 0.15) is 36.8 Å². The van der Waals surface area contributed by atoms with Gasteiger partial charge in [0.25, 0.3) is 0 Å². The van der Waals surface area contributed by atoms with E-state index in [9.17, 15) is 4.79 Å². The molecule has 1 aliphatic carbocycles. The topological polar surface area (TPSA) is 17.1 Å². The Morgan fingerprint density at radius 1 is 1.41 bits per heavy atom. The van der Waals surface area contributed by atoms with Crippen LogP contribution in [0.3, 0.4) is 0 Å². The molecule has 0 heterocycles. The number of aryl methyl sites for hydroxylation is 1. The summed E-state index contributed by atoms with van der Waals surface area (Å²) in [6.45, 7) is 2.13. The van der Waals surface area contributed by atoms with Crippen molar-refractivity contribution in [3.8, 4) is 0 Å². The van der Waals surface area contributed by atoms with Crippen LogP contribution in [0.15, 0.2) is 24.3 Å². The van der Waals surface area contributed by atoms with E-state index in [2.05, 4.69) is 31.2 Å².